The summed E-state index contributed by atoms with van der Waals surface area (Å²) in [5.74, 6) is 0. The van der Waals surface area contributed by atoms with Crippen molar-refractivity contribution in [1.82, 2.24) is 4.31 Å². The van der Waals surface area contributed by atoms with Crippen LogP contribution in [-0.2, 0) is 10.0 Å². The topological polar surface area (TPSA) is 63.4 Å². The van der Waals surface area contributed by atoms with Gasteiger partial charge >= 0.3 is 0 Å². The van der Waals surface area contributed by atoms with Crippen LogP contribution in [0.2, 0.25) is 4.34 Å². The zero-order valence-corrected chi connectivity index (χ0v) is 12.8. The molecule has 2 rings (SSSR count). The molecule has 1 fully saturated rings. The van der Waals surface area contributed by atoms with Crippen LogP contribution in [0.5, 0.6) is 0 Å². The van der Waals surface area contributed by atoms with Gasteiger partial charge in [0.25, 0.3) is 10.0 Å². The minimum Gasteiger partial charge on any atom is -0.330 e. The molecule has 1 unspecified atom stereocenters. The Morgan fingerprint density at radius 2 is 2.28 bits per heavy atom. The van der Waals surface area contributed by atoms with Crippen molar-refractivity contribution in [2.45, 2.75) is 24.5 Å². The molecule has 0 saturated carbocycles. The molecule has 1 saturated heterocycles. The lowest BCUT2D eigenvalue weighted by atomic mass is 9.90. The number of halogens is 1. The van der Waals surface area contributed by atoms with Gasteiger partial charge in [0.1, 0.15) is 4.21 Å². The van der Waals surface area contributed by atoms with E-state index in [1.807, 2.05) is 13.8 Å². The average molecular weight is 309 g/mol. The third-order valence-electron chi connectivity index (χ3n) is 3.44. The quantitative estimate of drug-likeness (QED) is 0.929. The van der Waals surface area contributed by atoms with Crippen LogP contribution in [0.3, 0.4) is 0 Å². The molecule has 0 bridgehead atoms. The van der Waals surface area contributed by atoms with E-state index in [-0.39, 0.29) is 5.41 Å². The molecular weight excluding hydrogens is 292 g/mol. The molecule has 1 aliphatic heterocycles. The average Bonchev–Trinajstić information content (AvgIpc) is 2.86. The van der Waals surface area contributed by atoms with E-state index in [0.717, 1.165) is 23.3 Å². The minimum absolute atomic E-state index is 0.108. The van der Waals surface area contributed by atoms with E-state index >= 15 is 0 Å². The molecule has 2 heterocycles. The highest BCUT2D eigenvalue weighted by Gasteiger charge is 2.39. The Bertz CT molecular complexity index is 536. The predicted molar refractivity (Wildman–Crippen MR) is 74.6 cm³/mol. The fourth-order valence-electron chi connectivity index (χ4n) is 2.04. The van der Waals surface area contributed by atoms with Crippen LogP contribution in [0.15, 0.2) is 10.3 Å². The van der Waals surface area contributed by atoms with Crippen molar-refractivity contribution in [1.29, 1.82) is 0 Å². The second-order valence-corrected chi connectivity index (χ2v) is 8.94. The van der Waals surface area contributed by atoms with Crippen LogP contribution in [-0.4, -0.2) is 32.4 Å². The number of sulfonamides is 1. The Morgan fingerprint density at radius 1 is 1.61 bits per heavy atom. The normalized spacial score (nSPS) is 25.8. The third-order valence-corrected chi connectivity index (χ3v) is 7.29. The molecule has 1 aromatic rings. The van der Waals surface area contributed by atoms with Gasteiger partial charge in [-0.3, -0.25) is 0 Å². The van der Waals surface area contributed by atoms with Crippen LogP contribution >= 0.6 is 22.9 Å². The molecule has 1 atom stereocenters. The van der Waals surface area contributed by atoms with Gasteiger partial charge in [0, 0.05) is 13.1 Å². The summed E-state index contributed by atoms with van der Waals surface area (Å²) in [5, 5.41) is 0. The number of nitrogens with two attached hydrogens (primary N) is 1. The van der Waals surface area contributed by atoms with Gasteiger partial charge in [0.15, 0.2) is 0 Å². The van der Waals surface area contributed by atoms with Gasteiger partial charge in [0.05, 0.1) is 4.34 Å². The first-order valence-corrected chi connectivity index (χ1v) is 8.38. The predicted octanol–water partition coefficient (Wildman–Crippen LogP) is 2.07. The highest BCUT2D eigenvalue weighted by molar-refractivity contribution is 7.91. The van der Waals surface area contributed by atoms with Crippen LogP contribution in [0, 0.1) is 12.3 Å². The maximum Gasteiger partial charge on any atom is 0.252 e. The number of rotatable bonds is 3. The van der Waals surface area contributed by atoms with Crippen molar-refractivity contribution in [3.8, 4) is 0 Å². The first-order chi connectivity index (χ1) is 8.28. The van der Waals surface area contributed by atoms with E-state index in [4.69, 9.17) is 17.3 Å². The molecule has 0 radical (unpaired) electrons. The second kappa shape index (κ2) is 4.76. The lowest BCUT2D eigenvalue weighted by Gasteiger charge is -2.21. The van der Waals surface area contributed by atoms with E-state index in [1.54, 1.807) is 6.07 Å². The summed E-state index contributed by atoms with van der Waals surface area (Å²) < 4.78 is 27.3. The maximum atomic E-state index is 12.4. The molecule has 0 aromatic carbocycles. The van der Waals surface area contributed by atoms with Crippen molar-refractivity contribution in [3.63, 3.8) is 0 Å². The van der Waals surface area contributed by atoms with Crippen molar-refractivity contribution >= 4 is 33.0 Å². The Morgan fingerprint density at radius 3 is 2.72 bits per heavy atom. The summed E-state index contributed by atoms with van der Waals surface area (Å²) in [7, 11) is -3.41. The Hall–Kier alpha value is -0.140. The van der Waals surface area contributed by atoms with E-state index in [1.165, 1.54) is 4.31 Å². The molecule has 7 heteroatoms. The summed E-state index contributed by atoms with van der Waals surface area (Å²) >= 11 is 7.06. The molecule has 18 heavy (non-hydrogen) atoms. The SMILES string of the molecule is Cc1cc(S(=O)(=O)N2CCC(C)(CN)C2)sc1Cl. The molecule has 1 aromatic heterocycles. The maximum absolute atomic E-state index is 12.4. The summed E-state index contributed by atoms with van der Waals surface area (Å²) in [4.78, 5) is 0. The van der Waals surface area contributed by atoms with Gasteiger partial charge < -0.3 is 5.73 Å². The van der Waals surface area contributed by atoms with Gasteiger partial charge in [-0.2, -0.15) is 4.31 Å². The number of nitrogens with zero attached hydrogens (tertiary/aromatic N) is 1. The summed E-state index contributed by atoms with van der Waals surface area (Å²) in [5.41, 5.74) is 6.40. The summed E-state index contributed by atoms with van der Waals surface area (Å²) in [6, 6.07) is 1.64. The number of aryl methyl sites for hydroxylation is 1. The number of hydrogen-bond acceptors (Lipinski definition) is 4. The smallest absolute Gasteiger partial charge is 0.252 e. The highest BCUT2D eigenvalue weighted by atomic mass is 35.5. The zero-order chi connectivity index (χ0) is 13.6. The van der Waals surface area contributed by atoms with Gasteiger partial charge in [-0.25, -0.2) is 8.42 Å². The first kappa shape index (κ1) is 14.3. The fraction of sp³-hybridized carbons (Fsp3) is 0.636. The molecule has 0 aliphatic carbocycles. The van der Waals surface area contributed by atoms with Crippen molar-refractivity contribution in [2.75, 3.05) is 19.6 Å². The summed E-state index contributed by atoms with van der Waals surface area (Å²) in [6.45, 7) is 5.36. The van der Waals surface area contributed by atoms with Crippen LogP contribution < -0.4 is 5.73 Å². The number of hydrogen-bond donors (Lipinski definition) is 1. The molecule has 1 aliphatic rings. The second-order valence-electron chi connectivity index (χ2n) is 5.13. The zero-order valence-electron chi connectivity index (χ0n) is 10.4. The molecule has 2 N–H and O–H groups in total. The fourth-order valence-corrected chi connectivity index (χ4v) is 5.49. The van der Waals surface area contributed by atoms with Gasteiger partial charge in [-0.15, -0.1) is 11.3 Å². The highest BCUT2D eigenvalue weighted by Crippen LogP contribution is 2.36. The Balaban J connectivity index is 2.28. The van der Waals surface area contributed by atoms with E-state index in [0.29, 0.717) is 28.2 Å². The van der Waals surface area contributed by atoms with Crippen LogP contribution in [0.4, 0.5) is 0 Å². The van der Waals surface area contributed by atoms with Gasteiger partial charge in [0.2, 0.25) is 0 Å². The Kier molecular flexibility index (Phi) is 3.77. The monoisotopic (exact) mass is 308 g/mol. The molecule has 102 valence electrons. The van der Waals surface area contributed by atoms with Crippen LogP contribution in [0.25, 0.3) is 0 Å². The molecule has 0 spiro atoms. The Labute approximate surface area is 117 Å². The van der Waals surface area contributed by atoms with Gasteiger partial charge in [-0.05, 0) is 36.9 Å². The molecule has 4 nitrogen and oxygen atoms in total. The largest absolute Gasteiger partial charge is 0.330 e. The van der Waals surface area contributed by atoms with Crippen molar-refractivity contribution in [3.05, 3.63) is 16.0 Å². The minimum atomic E-state index is -3.41. The lowest BCUT2D eigenvalue weighted by molar-refractivity contribution is 0.350. The number of thiophene rings is 1. The first-order valence-electron chi connectivity index (χ1n) is 5.75. The van der Waals surface area contributed by atoms with Crippen LogP contribution in [0.1, 0.15) is 18.9 Å². The van der Waals surface area contributed by atoms with Crippen molar-refractivity contribution < 1.29 is 8.42 Å². The van der Waals surface area contributed by atoms with Gasteiger partial charge in [-0.1, -0.05) is 18.5 Å². The van der Waals surface area contributed by atoms with Crippen molar-refractivity contribution in [2.24, 2.45) is 11.1 Å². The third kappa shape index (κ3) is 2.44. The molecule has 0 amide bonds. The van der Waals surface area contributed by atoms with E-state index in [9.17, 15) is 8.42 Å². The lowest BCUT2D eigenvalue weighted by Crippen LogP contribution is -2.34. The van der Waals surface area contributed by atoms with E-state index in [2.05, 4.69) is 0 Å². The van der Waals surface area contributed by atoms with E-state index < -0.39 is 10.0 Å². The molecular formula is C11H17ClN2O2S2. The summed E-state index contributed by atoms with van der Waals surface area (Å²) in [6.07, 6.45) is 0.806. The standard InChI is InChI=1S/C11H17ClN2O2S2/c1-8-5-9(17-10(8)12)18(15,16)14-4-3-11(2,6-13)7-14/h5H,3-4,6-7,13H2,1-2H3.